The zero-order valence-electron chi connectivity index (χ0n) is 13.4. The van der Waals surface area contributed by atoms with Crippen molar-refractivity contribution < 1.29 is 4.74 Å². The van der Waals surface area contributed by atoms with E-state index in [2.05, 4.69) is 40.3 Å². The number of para-hydroxylation sites is 1. The van der Waals surface area contributed by atoms with Crippen LogP contribution < -0.4 is 10.1 Å². The first kappa shape index (κ1) is 14.0. The molecule has 0 radical (unpaired) electrons. The van der Waals surface area contributed by atoms with Crippen LogP contribution in [0.5, 0.6) is 5.75 Å². The second-order valence-electron chi connectivity index (χ2n) is 6.56. The molecule has 0 aliphatic carbocycles. The van der Waals surface area contributed by atoms with Crippen LogP contribution in [0.4, 0.5) is 5.82 Å². The third kappa shape index (κ3) is 2.50. The van der Waals surface area contributed by atoms with Gasteiger partial charge in [-0.3, -0.25) is 0 Å². The van der Waals surface area contributed by atoms with E-state index >= 15 is 0 Å². The van der Waals surface area contributed by atoms with Crippen LogP contribution >= 0.6 is 0 Å². The Bertz CT molecular complexity index is 870. The van der Waals surface area contributed by atoms with Gasteiger partial charge in [-0.1, -0.05) is 18.2 Å². The first-order valence-electron chi connectivity index (χ1n) is 7.74. The maximum Gasteiger partial charge on any atom is 0.254 e. The first-order chi connectivity index (χ1) is 11.0. The maximum absolute atomic E-state index is 6.10. The molecule has 1 N–H and O–H groups in total. The molecule has 1 unspecified atom stereocenters. The lowest BCUT2D eigenvalue weighted by atomic mass is 9.90. The Labute approximate surface area is 134 Å². The molecule has 2 aromatic heterocycles. The molecule has 1 atom stereocenters. The number of fused-ring (bicyclic) bond motifs is 2. The van der Waals surface area contributed by atoms with E-state index in [4.69, 9.17) is 4.74 Å². The average Bonchev–Trinajstić information content (AvgIpc) is 2.94. The lowest BCUT2D eigenvalue weighted by molar-refractivity contribution is 0.0758. The number of rotatable bonds is 2. The number of anilines is 1. The van der Waals surface area contributed by atoms with Crippen LogP contribution in [0.2, 0.25) is 0 Å². The van der Waals surface area contributed by atoms with Crippen molar-refractivity contribution in [3.63, 3.8) is 0 Å². The van der Waals surface area contributed by atoms with Gasteiger partial charge in [-0.2, -0.15) is 14.6 Å². The molecule has 0 fully saturated rings. The van der Waals surface area contributed by atoms with Crippen molar-refractivity contribution in [3.05, 3.63) is 47.9 Å². The monoisotopic (exact) mass is 309 g/mol. The van der Waals surface area contributed by atoms with Gasteiger partial charge in [-0.25, -0.2) is 4.98 Å². The Morgan fingerprint density at radius 3 is 3.00 bits per heavy atom. The summed E-state index contributed by atoms with van der Waals surface area (Å²) in [5.74, 6) is 2.43. The molecule has 0 saturated heterocycles. The van der Waals surface area contributed by atoms with Crippen molar-refractivity contribution in [2.45, 2.75) is 38.8 Å². The average molecular weight is 309 g/mol. The van der Waals surface area contributed by atoms with Crippen molar-refractivity contribution in [1.29, 1.82) is 0 Å². The highest BCUT2D eigenvalue weighted by Crippen LogP contribution is 2.40. The van der Waals surface area contributed by atoms with Crippen molar-refractivity contribution in [1.82, 2.24) is 19.6 Å². The van der Waals surface area contributed by atoms with Gasteiger partial charge in [0.1, 0.15) is 23.5 Å². The molecule has 23 heavy (non-hydrogen) atoms. The van der Waals surface area contributed by atoms with Gasteiger partial charge < -0.3 is 10.1 Å². The van der Waals surface area contributed by atoms with E-state index < -0.39 is 0 Å². The molecule has 4 rings (SSSR count). The summed E-state index contributed by atoms with van der Waals surface area (Å²) in [7, 11) is 0. The molecular formula is C17H19N5O. The van der Waals surface area contributed by atoms with Crippen molar-refractivity contribution >= 4 is 11.6 Å². The van der Waals surface area contributed by atoms with Gasteiger partial charge in [0.15, 0.2) is 0 Å². The molecular weight excluding hydrogens is 290 g/mol. The van der Waals surface area contributed by atoms with Gasteiger partial charge in [-0.05, 0) is 26.8 Å². The fourth-order valence-corrected chi connectivity index (χ4v) is 3.14. The molecule has 6 heteroatoms. The number of hydrogen-bond donors (Lipinski definition) is 1. The van der Waals surface area contributed by atoms with Gasteiger partial charge in [-0.15, -0.1) is 0 Å². The third-order valence-electron chi connectivity index (χ3n) is 4.08. The minimum absolute atomic E-state index is 0.143. The van der Waals surface area contributed by atoms with Gasteiger partial charge in [0.25, 0.3) is 5.78 Å². The zero-order chi connectivity index (χ0) is 16.0. The van der Waals surface area contributed by atoms with E-state index in [-0.39, 0.29) is 11.6 Å². The minimum Gasteiger partial charge on any atom is -0.487 e. The Kier molecular flexibility index (Phi) is 3.01. The van der Waals surface area contributed by atoms with Gasteiger partial charge in [0, 0.05) is 23.7 Å². The second kappa shape index (κ2) is 4.94. The van der Waals surface area contributed by atoms with Gasteiger partial charge in [0.05, 0.1) is 6.04 Å². The molecule has 3 aromatic rings. The van der Waals surface area contributed by atoms with Crippen LogP contribution in [0.1, 0.15) is 37.6 Å². The lowest BCUT2D eigenvalue weighted by Gasteiger charge is -2.38. The summed E-state index contributed by atoms with van der Waals surface area (Å²) in [6.07, 6.45) is 2.39. The number of nitrogens with zero attached hydrogens (tertiary/aromatic N) is 4. The normalized spacial score (nSPS) is 19.2. The summed E-state index contributed by atoms with van der Waals surface area (Å²) in [4.78, 5) is 8.57. The highest BCUT2D eigenvalue weighted by molar-refractivity contribution is 5.49. The highest BCUT2D eigenvalue weighted by Gasteiger charge is 2.33. The predicted octanol–water partition coefficient (Wildman–Crippen LogP) is 3.15. The Hall–Kier alpha value is -2.63. The Balaban J connectivity index is 1.77. The number of ether oxygens (including phenoxy) is 1. The summed E-state index contributed by atoms with van der Waals surface area (Å²) in [5, 5.41) is 7.87. The first-order valence-corrected chi connectivity index (χ1v) is 7.74. The number of aromatic nitrogens is 4. The molecule has 1 aromatic carbocycles. The van der Waals surface area contributed by atoms with Crippen LogP contribution in [-0.2, 0) is 0 Å². The molecule has 3 heterocycles. The summed E-state index contributed by atoms with van der Waals surface area (Å²) in [5.41, 5.74) is 1.84. The minimum atomic E-state index is -0.227. The van der Waals surface area contributed by atoms with Crippen LogP contribution in [0.25, 0.3) is 5.78 Å². The fourth-order valence-electron chi connectivity index (χ4n) is 3.14. The molecule has 0 amide bonds. The van der Waals surface area contributed by atoms with Crippen LogP contribution in [-0.4, -0.2) is 25.2 Å². The number of hydrogen-bond acceptors (Lipinski definition) is 5. The molecule has 0 saturated carbocycles. The largest absolute Gasteiger partial charge is 0.487 e. The quantitative estimate of drug-likeness (QED) is 0.788. The number of nitrogens with one attached hydrogen (secondary N) is 1. The smallest absolute Gasteiger partial charge is 0.254 e. The van der Waals surface area contributed by atoms with Crippen molar-refractivity contribution in [2.75, 3.05) is 5.32 Å². The van der Waals surface area contributed by atoms with E-state index in [0.717, 1.165) is 29.2 Å². The summed E-state index contributed by atoms with van der Waals surface area (Å²) in [6, 6.07) is 10.3. The Morgan fingerprint density at radius 2 is 2.13 bits per heavy atom. The van der Waals surface area contributed by atoms with Crippen molar-refractivity contribution in [3.8, 4) is 5.75 Å². The molecule has 118 valence electrons. The molecule has 0 spiro atoms. The number of aryl methyl sites for hydroxylation is 1. The lowest BCUT2D eigenvalue weighted by Crippen LogP contribution is -2.37. The summed E-state index contributed by atoms with van der Waals surface area (Å²) in [6.45, 7) is 6.18. The summed E-state index contributed by atoms with van der Waals surface area (Å²) < 4.78 is 7.83. The molecule has 1 aliphatic heterocycles. The van der Waals surface area contributed by atoms with Crippen LogP contribution in [0, 0.1) is 6.92 Å². The van der Waals surface area contributed by atoms with Gasteiger partial charge in [0.2, 0.25) is 0 Å². The SMILES string of the molecule is Cc1cc(NC2CC(C)(C)Oc3ccccc32)n2ncnc2n1. The van der Waals surface area contributed by atoms with Crippen molar-refractivity contribution in [2.24, 2.45) is 0 Å². The second-order valence-corrected chi connectivity index (χ2v) is 6.56. The number of benzene rings is 1. The van der Waals surface area contributed by atoms with Crippen LogP contribution in [0.3, 0.4) is 0 Å². The maximum atomic E-state index is 6.10. The molecule has 6 nitrogen and oxygen atoms in total. The van der Waals surface area contributed by atoms with E-state index in [9.17, 15) is 0 Å². The van der Waals surface area contributed by atoms with E-state index in [0.29, 0.717) is 5.78 Å². The topological polar surface area (TPSA) is 64.3 Å². The summed E-state index contributed by atoms with van der Waals surface area (Å²) >= 11 is 0. The predicted molar refractivity (Wildman–Crippen MR) is 87.6 cm³/mol. The van der Waals surface area contributed by atoms with E-state index in [1.54, 1.807) is 4.52 Å². The fraction of sp³-hybridized carbons (Fsp3) is 0.353. The zero-order valence-corrected chi connectivity index (χ0v) is 13.4. The molecule has 1 aliphatic rings. The standard InChI is InChI=1S/C17H19N5O/c1-11-8-15(22-16(20-11)18-10-19-22)21-13-9-17(2,3)23-14-7-5-4-6-12(13)14/h4-8,10,13,21H,9H2,1-3H3. The Morgan fingerprint density at radius 1 is 1.30 bits per heavy atom. The van der Waals surface area contributed by atoms with Crippen LogP contribution in [0.15, 0.2) is 36.7 Å². The van der Waals surface area contributed by atoms with Gasteiger partial charge >= 0.3 is 0 Å². The highest BCUT2D eigenvalue weighted by atomic mass is 16.5. The van der Waals surface area contributed by atoms with E-state index in [1.807, 2.05) is 31.2 Å². The van der Waals surface area contributed by atoms with E-state index in [1.165, 1.54) is 6.33 Å². The molecule has 0 bridgehead atoms. The third-order valence-corrected chi connectivity index (χ3v) is 4.08.